The second-order valence-electron chi connectivity index (χ2n) is 5.68. The molecule has 1 N–H and O–H groups in total. The number of rotatable bonds is 4. The molecule has 1 aromatic carbocycles. The number of nitrogens with zero attached hydrogens (tertiary/aromatic N) is 1. The summed E-state index contributed by atoms with van der Waals surface area (Å²) in [5.41, 5.74) is 1.17. The minimum absolute atomic E-state index is 0.0564. The summed E-state index contributed by atoms with van der Waals surface area (Å²) in [6.07, 6.45) is 3.11. The Morgan fingerprint density at radius 1 is 1.19 bits per heavy atom. The molecule has 1 aromatic rings. The van der Waals surface area contributed by atoms with Gasteiger partial charge in [0.15, 0.2) is 0 Å². The molecule has 0 bridgehead atoms. The lowest BCUT2D eigenvalue weighted by atomic mass is 10.0. The molecule has 3 rings (SSSR count). The quantitative estimate of drug-likeness (QED) is 0.660. The van der Waals surface area contributed by atoms with E-state index in [1.165, 1.54) is 10.5 Å². The third kappa shape index (κ3) is 2.96. The van der Waals surface area contributed by atoms with Gasteiger partial charge in [0.2, 0.25) is 5.91 Å². The number of aryl methyl sites for hydroxylation is 1. The Hall–Kier alpha value is -2.17. The molecule has 0 aromatic heterocycles. The largest absolute Gasteiger partial charge is 0.346 e. The minimum Gasteiger partial charge on any atom is -0.346 e. The van der Waals surface area contributed by atoms with Crippen molar-refractivity contribution in [3.8, 4) is 0 Å². The summed E-state index contributed by atoms with van der Waals surface area (Å²) in [6.45, 7) is 0.357. The number of amides is 3. The Balaban J connectivity index is 1.70. The molecule has 2 fully saturated rings. The van der Waals surface area contributed by atoms with Crippen molar-refractivity contribution in [3.05, 3.63) is 35.9 Å². The zero-order valence-corrected chi connectivity index (χ0v) is 11.7. The van der Waals surface area contributed by atoms with Gasteiger partial charge in [0.05, 0.1) is 6.04 Å². The number of hydrogen-bond donors (Lipinski definition) is 1. The number of imide groups is 1. The van der Waals surface area contributed by atoms with Crippen molar-refractivity contribution in [3.63, 3.8) is 0 Å². The van der Waals surface area contributed by atoms with Crippen LogP contribution < -0.4 is 5.32 Å². The standard InChI is InChI=1S/C16H18N2O3/c19-14-16(21)18(15(20)12-7-8-12)13(10-17-14)9-6-11-4-2-1-3-5-11/h1-5,12-13H,6-10H2,(H,17,19). The maximum atomic E-state index is 12.3. The number of carbonyl (C=O) groups excluding carboxylic acids is 3. The van der Waals surface area contributed by atoms with Crippen LogP contribution in [0.25, 0.3) is 0 Å². The predicted molar refractivity (Wildman–Crippen MR) is 76.1 cm³/mol. The molecule has 0 spiro atoms. The van der Waals surface area contributed by atoms with Crippen LogP contribution in [0.3, 0.4) is 0 Å². The Labute approximate surface area is 123 Å². The molecule has 1 aliphatic heterocycles. The normalized spacial score (nSPS) is 22.1. The van der Waals surface area contributed by atoms with E-state index in [1.54, 1.807) is 0 Å². The molecule has 0 radical (unpaired) electrons. The van der Waals surface area contributed by atoms with Crippen molar-refractivity contribution in [2.24, 2.45) is 5.92 Å². The van der Waals surface area contributed by atoms with Gasteiger partial charge in [-0.3, -0.25) is 19.3 Å². The van der Waals surface area contributed by atoms with Crippen molar-refractivity contribution in [1.82, 2.24) is 10.2 Å². The first kappa shape index (κ1) is 13.8. The molecule has 1 saturated carbocycles. The number of carbonyl (C=O) groups is 3. The van der Waals surface area contributed by atoms with Crippen LogP contribution in [-0.2, 0) is 20.8 Å². The Morgan fingerprint density at radius 2 is 1.90 bits per heavy atom. The van der Waals surface area contributed by atoms with Crippen molar-refractivity contribution in [2.75, 3.05) is 6.54 Å². The van der Waals surface area contributed by atoms with Gasteiger partial charge in [-0.25, -0.2) is 0 Å². The molecule has 1 unspecified atom stereocenters. The lowest BCUT2D eigenvalue weighted by molar-refractivity contribution is -0.158. The van der Waals surface area contributed by atoms with Gasteiger partial charge in [-0.05, 0) is 31.2 Å². The number of nitrogens with one attached hydrogen (secondary N) is 1. The fourth-order valence-electron chi connectivity index (χ4n) is 2.67. The SMILES string of the molecule is O=C1NCC(CCc2ccccc2)N(C(=O)C2CC2)C1=O. The lowest BCUT2D eigenvalue weighted by Crippen LogP contribution is -2.60. The molecular formula is C16H18N2O3. The van der Waals surface area contributed by atoms with Crippen LogP contribution >= 0.6 is 0 Å². The summed E-state index contributed by atoms with van der Waals surface area (Å²) in [7, 11) is 0. The molecule has 1 atom stereocenters. The first-order chi connectivity index (χ1) is 10.2. The van der Waals surface area contributed by atoms with E-state index in [-0.39, 0.29) is 17.9 Å². The highest BCUT2D eigenvalue weighted by molar-refractivity contribution is 6.38. The molecule has 2 aliphatic rings. The van der Waals surface area contributed by atoms with Crippen molar-refractivity contribution < 1.29 is 14.4 Å². The fourth-order valence-corrected chi connectivity index (χ4v) is 2.67. The van der Waals surface area contributed by atoms with E-state index in [9.17, 15) is 14.4 Å². The van der Waals surface area contributed by atoms with Gasteiger partial charge in [-0.2, -0.15) is 0 Å². The van der Waals surface area contributed by atoms with Gasteiger partial charge in [0.25, 0.3) is 0 Å². The highest BCUT2D eigenvalue weighted by atomic mass is 16.2. The van der Waals surface area contributed by atoms with Gasteiger partial charge in [-0.1, -0.05) is 30.3 Å². The average molecular weight is 286 g/mol. The van der Waals surface area contributed by atoms with Crippen molar-refractivity contribution in [1.29, 1.82) is 0 Å². The van der Waals surface area contributed by atoms with Crippen LogP contribution in [0.15, 0.2) is 30.3 Å². The monoisotopic (exact) mass is 286 g/mol. The van der Waals surface area contributed by atoms with Crippen LogP contribution in [0.5, 0.6) is 0 Å². The maximum Gasteiger partial charge on any atom is 0.318 e. The Kier molecular flexibility index (Phi) is 3.73. The predicted octanol–water partition coefficient (Wildman–Crippen LogP) is 0.883. The van der Waals surface area contributed by atoms with Gasteiger partial charge in [0, 0.05) is 12.5 Å². The van der Waals surface area contributed by atoms with Crippen LogP contribution in [-0.4, -0.2) is 35.2 Å². The van der Waals surface area contributed by atoms with Crippen LogP contribution in [0, 0.1) is 5.92 Å². The van der Waals surface area contributed by atoms with Gasteiger partial charge >= 0.3 is 11.8 Å². The molecule has 3 amide bonds. The van der Waals surface area contributed by atoms with E-state index in [4.69, 9.17) is 0 Å². The third-order valence-electron chi connectivity index (χ3n) is 4.05. The first-order valence-electron chi connectivity index (χ1n) is 7.36. The third-order valence-corrected chi connectivity index (χ3v) is 4.05. The summed E-state index contributed by atoms with van der Waals surface area (Å²) in [5.74, 6) is -1.59. The topological polar surface area (TPSA) is 66.5 Å². The second-order valence-corrected chi connectivity index (χ2v) is 5.68. The summed E-state index contributed by atoms with van der Waals surface area (Å²) >= 11 is 0. The second kappa shape index (κ2) is 5.68. The minimum atomic E-state index is -0.698. The smallest absolute Gasteiger partial charge is 0.318 e. The lowest BCUT2D eigenvalue weighted by Gasteiger charge is -2.33. The molecule has 5 nitrogen and oxygen atoms in total. The van der Waals surface area contributed by atoms with E-state index in [2.05, 4.69) is 5.32 Å². The number of piperazine rings is 1. The van der Waals surface area contributed by atoms with Crippen LogP contribution in [0.1, 0.15) is 24.8 Å². The molecule has 1 saturated heterocycles. The van der Waals surface area contributed by atoms with E-state index >= 15 is 0 Å². The highest BCUT2D eigenvalue weighted by Crippen LogP contribution is 2.32. The fraction of sp³-hybridized carbons (Fsp3) is 0.438. The summed E-state index contributed by atoms with van der Waals surface area (Å²) in [6, 6.07) is 9.71. The van der Waals surface area contributed by atoms with Crippen LogP contribution in [0.2, 0.25) is 0 Å². The Bertz CT molecular complexity index is 566. The van der Waals surface area contributed by atoms with Gasteiger partial charge in [-0.15, -0.1) is 0 Å². The molecule has 5 heteroatoms. The van der Waals surface area contributed by atoms with Crippen molar-refractivity contribution in [2.45, 2.75) is 31.7 Å². The summed E-state index contributed by atoms with van der Waals surface area (Å²) < 4.78 is 0. The molecule has 110 valence electrons. The molecule has 1 aliphatic carbocycles. The Morgan fingerprint density at radius 3 is 2.57 bits per heavy atom. The maximum absolute atomic E-state index is 12.3. The first-order valence-corrected chi connectivity index (χ1v) is 7.36. The average Bonchev–Trinajstić information content (AvgIpc) is 3.34. The van der Waals surface area contributed by atoms with Crippen molar-refractivity contribution >= 4 is 17.7 Å². The molecule has 1 heterocycles. The number of hydrogen-bond acceptors (Lipinski definition) is 3. The van der Waals surface area contributed by atoms with Gasteiger partial charge in [0.1, 0.15) is 0 Å². The molecule has 21 heavy (non-hydrogen) atoms. The van der Waals surface area contributed by atoms with Crippen LogP contribution in [0.4, 0.5) is 0 Å². The summed E-state index contributed by atoms with van der Waals surface area (Å²) in [4.78, 5) is 37.0. The molecular weight excluding hydrogens is 268 g/mol. The summed E-state index contributed by atoms with van der Waals surface area (Å²) in [5, 5.41) is 2.58. The zero-order valence-electron chi connectivity index (χ0n) is 11.7. The van der Waals surface area contributed by atoms with E-state index in [0.29, 0.717) is 13.0 Å². The highest BCUT2D eigenvalue weighted by Gasteiger charge is 2.43. The van der Waals surface area contributed by atoms with E-state index < -0.39 is 11.8 Å². The van der Waals surface area contributed by atoms with E-state index in [0.717, 1.165) is 19.3 Å². The van der Waals surface area contributed by atoms with Gasteiger partial charge < -0.3 is 5.32 Å². The number of benzene rings is 1. The van der Waals surface area contributed by atoms with E-state index in [1.807, 2.05) is 30.3 Å². The zero-order chi connectivity index (χ0) is 14.8.